The number of carbonyl (C=O) groups excluding carboxylic acids is 1. The Balaban J connectivity index is 1.68. The number of amides is 1. The summed E-state index contributed by atoms with van der Waals surface area (Å²) in [6.45, 7) is 7.86. The molecule has 0 aliphatic carbocycles. The summed E-state index contributed by atoms with van der Waals surface area (Å²) in [5, 5.41) is 2.77. The fourth-order valence-corrected chi connectivity index (χ4v) is 2.87. The van der Waals surface area contributed by atoms with Gasteiger partial charge in [-0.2, -0.15) is 0 Å². The van der Waals surface area contributed by atoms with Gasteiger partial charge in [0.25, 0.3) is 0 Å². The predicted octanol–water partition coefficient (Wildman–Crippen LogP) is 4.29. The van der Waals surface area contributed by atoms with Crippen LogP contribution in [0.5, 0.6) is 5.75 Å². The third kappa shape index (κ3) is 6.79. The van der Waals surface area contributed by atoms with Crippen molar-refractivity contribution in [3.63, 3.8) is 0 Å². The Kier molecular flexibility index (Phi) is 7.89. The number of hydrogen-bond acceptors (Lipinski definition) is 4. The van der Waals surface area contributed by atoms with Crippen LogP contribution in [0.25, 0.3) is 0 Å². The molecule has 0 spiro atoms. The van der Waals surface area contributed by atoms with Crippen molar-refractivity contribution in [3.8, 4) is 5.75 Å². The molecule has 5 nitrogen and oxygen atoms in total. The molecular formula is C19H30N2O3. The normalized spacial score (nSPS) is 15.9. The Morgan fingerprint density at radius 2 is 1.92 bits per heavy atom. The summed E-state index contributed by atoms with van der Waals surface area (Å²) < 4.78 is 11.1. The van der Waals surface area contributed by atoms with Crippen LogP contribution < -0.4 is 10.1 Å². The first-order chi connectivity index (χ1) is 11.7. The minimum atomic E-state index is -0.404. The van der Waals surface area contributed by atoms with Crippen LogP contribution >= 0.6 is 0 Å². The molecule has 1 aromatic rings. The van der Waals surface area contributed by atoms with E-state index in [0.717, 1.165) is 38.4 Å². The number of unbranched alkanes of at least 4 members (excludes halogenated alkanes) is 2. The highest BCUT2D eigenvalue weighted by Crippen LogP contribution is 2.17. The van der Waals surface area contributed by atoms with Gasteiger partial charge in [0.05, 0.1) is 6.61 Å². The lowest BCUT2D eigenvalue weighted by molar-refractivity contribution is 0.0967. The van der Waals surface area contributed by atoms with Crippen molar-refractivity contribution in [1.29, 1.82) is 0 Å². The summed E-state index contributed by atoms with van der Waals surface area (Å²) in [7, 11) is 0. The van der Waals surface area contributed by atoms with E-state index in [4.69, 9.17) is 9.47 Å². The molecule has 1 saturated heterocycles. The number of hydrogen-bond donors (Lipinski definition) is 1. The molecule has 1 heterocycles. The molecule has 2 rings (SSSR count). The van der Waals surface area contributed by atoms with Gasteiger partial charge in [-0.3, -0.25) is 10.2 Å². The third-order valence-corrected chi connectivity index (χ3v) is 4.14. The Morgan fingerprint density at radius 3 is 2.58 bits per heavy atom. The highest BCUT2D eigenvalue weighted by atomic mass is 16.6. The monoisotopic (exact) mass is 334 g/mol. The Morgan fingerprint density at radius 1 is 1.21 bits per heavy atom. The van der Waals surface area contributed by atoms with Crippen LogP contribution in [0.15, 0.2) is 24.3 Å². The zero-order valence-corrected chi connectivity index (χ0v) is 14.9. The van der Waals surface area contributed by atoms with Crippen LogP contribution in [0.3, 0.4) is 0 Å². The predicted molar refractivity (Wildman–Crippen MR) is 96.7 cm³/mol. The van der Waals surface area contributed by atoms with E-state index in [0.29, 0.717) is 5.69 Å². The summed E-state index contributed by atoms with van der Waals surface area (Å²) in [5.74, 6) is 0.826. The van der Waals surface area contributed by atoms with E-state index < -0.39 is 6.09 Å². The average Bonchev–Trinajstić information content (AvgIpc) is 3.05. The summed E-state index contributed by atoms with van der Waals surface area (Å²) in [5.41, 5.74) is 0.717. The molecule has 1 amide bonds. The average molecular weight is 334 g/mol. The fourth-order valence-electron chi connectivity index (χ4n) is 2.87. The Hall–Kier alpha value is -1.75. The highest BCUT2D eigenvalue weighted by Gasteiger charge is 2.17. The quantitative estimate of drug-likeness (QED) is 0.685. The second kappa shape index (κ2) is 10.2. The number of nitrogens with one attached hydrogen (secondary N) is 1. The molecule has 0 saturated carbocycles. The molecule has 134 valence electrons. The highest BCUT2D eigenvalue weighted by molar-refractivity contribution is 5.84. The van der Waals surface area contributed by atoms with E-state index in [-0.39, 0.29) is 6.10 Å². The van der Waals surface area contributed by atoms with Gasteiger partial charge in [0.2, 0.25) is 0 Å². The Labute approximate surface area is 145 Å². The van der Waals surface area contributed by atoms with Gasteiger partial charge in [0, 0.05) is 12.2 Å². The number of carbonyl (C=O) groups is 1. The number of benzene rings is 1. The zero-order chi connectivity index (χ0) is 17.2. The number of rotatable bonds is 9. The van der Waals surface area contributed by atoms with Crippen LogP contribution in [0.2, 0.25) is 0 Å². The van der Waals surface area contributed by atoms with Crippen LogP contribution in [0, 0.1) is 0 Å². The fraction of sp³-hybridized carbons (Fsp3) is 0.632. The van der Waals surface area contributed by atoms with Gasteiger partial charge in [0.15, 0.2) is 0 Å². The lowest BCUT2D eigenvalue weighted by atomic mass is 10.2. The maximum atomic E-state index is 11.9. The molecule has 1 unspecified atom stereocenters. The van der Waals surface area contributed by atoms with Crippen LogP contribution in [0.4, 0.5) is 10.5 Å². The first kappa shape index (κ1) is 18.6. The summed E-state index contributed by atoms with van der Waals surface area (Å²) >= 11 is 0. The molecular weight excluding hydrogens is 304 g/mol. The van der Waals surface area contributed by atoms with Gasteiger partial charge in [-0.15, -0.1) is 0 Å². The molecule has 0 radical (unpaired) electrons. The lowest BCUT2D eigenvalue weighted by Gasteiger charge is -2.20. The molecule has 1 N–H and O–H groups in total. The zero-order valence-electron chi connectivity index (χ0n) is 14.9. The molecule has 1 aliphatic heterocycles. The van der Waals surface area contributed by atoms with Gasteiger partial charge >= 0.3 is 6.09 Å². The van der Waals surface area contributed by atoms with Gasteiger partial charge in [-0.05, 0) is 63.5 Å². The second-order valence-electron chi connectivity index (χ2n) is 6.43. The molecule has 0 bridgehead atoms. The Bertz CT molecular complexity index is 484. The number of ether oxygens (including phenoxy) is 2. The van der Waals surface area contributed by atoms with Crippen LogP contribution in [-0.2, 0) is 4.74 Å². The van der Waals surface area contributed by atoms with Gasteiger partial charge in [-0.1, -0.05) is 19.8 Å². The minimum Gasteiger partial charge on any atom is -0.494 e. The van der Waals surface area contributed by atoms with Crippen molar-refractivity contribution in [2.45, 2.75) is 52.1 Å². The topological polar surface area (TPSA) is 50.8 Å². The summed E-state index contributed by atoms with van der Waals surface area (Å²) in [6.07, 6.45) is 5.41. The molecule has 0 aromatic heterocycles. The second-order valence-corrected chi connectivity index (χ2v) is 6.43. The van der Waals surface area contributed by atoms with Crippen molar-refractivity contribution in [1.82, 2.24) is 4.90 Å². The molecule has 1 fully saturated rings. The van der Waals surface area contributed by atoms with Crippen LogP contribution in [0.1, 0.15) is 46.0 Å². The first-order valence-corrected chi connectivity index (χ1v) is 9.10. The van der Waals surface area contributed by atoms with Crippen LogP contribution in [-0.4, -0.2) is 43.3 Å². The van der Waals surface area contributed by atoms with E-state index in [2.05, 4.69) is 17.1 Å². The number of likely N-dealkylation sites (tertiary alicyclic amines) is 1. The standard InChI is InChI=1S/C19H30N2O3/c1-3-4-7-14-23-18-10-8-17(9-11-18)20-19(22)24-16(2)15-21-12-5-6-13-21/h8-11,16H,3-7,12-15H2,1-2H3,(H,20,22). The maximum Gasteiger partial charge on any atom is 0.411 e. The van der Waals surface area contributed by atoms with Gasteiger partial charge < -0.3 is 9.47 Å². The molecule has 1 aromatic carbocycles. The van der Waals surface area contributed by atoms with E-state index in [9.17, 15) is 4.79 Å². The van der Waals surface area contributed by atoms with Crippen molar-refractivity contribution in [2.24, 2.45) is 0 Å². The molecule has 5 heteroatoms. The summed E-state index contributed by atoms with van der Waals surface area (Å²) in [4.78, 5) is 14.3. The largest absolute Gasteiger partial charge is 0.494 e. The molecule has 1 atom stereocenters. The smallest absolute Gasteiger partial charge is 0.411 e. The minimum absolute atomic E-state index is 0.107. The SMILES string of the molecule is CCCCCOc1ccc(NC(=O)OC(C)CN2CCCC2)cc1. The van der Waals surface area contributed by atoms with Gasteiger partial charge in [-0.25, -0.2) is 4.79 Å². The van der Waals surface area contributed by atoms with Crippen molar-refractivity contribution in [2.75, 3.05) is 31.6 Å². The third-order valence-electron chi connectivity index (χ3n) is 4.14. The van der Waals surface area contributed by atoms with Gasteiger partial charge in [0.1, 0.15) is 11.9 Å². The first-order valence-electron chi connectivity index (χ1n) is 9.10. The van der Waals surface area contributed by atoms with E-state index >= 15 is 0 Å². The van der Waals surface area contributed by atoms with Crippen molar-refractivity contribution in [3.05, 3.63) is 24.3 Å². The molecule has 1 aliphatic rings. The van der Waals surface area contributed by atoms with Crippen molar-refractivity contribution >= 4 is 11.8 Å². The number of nitrogens with zero attached hydrogens (tertiary/aromatic N) is 1. The van der Waals surface area contributed by atoms with E-state index in [1.165, 1.54) is 25.7 Å². The van der Waals surface area contributed by atoms with E-state index in [1.54, 1.807) is 0 Å². The maximum absolute atomic E-state index is 11.9. The lowest BCUT2D eigenvalue weighted by Crippen LogP contribution is -2.32. The van der Waals surface area contributed by atoms with E-state index in [1.807, 2.05) is 31.2 Å². The summed E-state index contributed by atoms with van der Waals surface area (Å²) in [6, 6.07) is 7.41. The number of anilines is 1. The molecule has 24 heavy (non-hydrogen) atoms. The van der Waals surface area contributed by atoms with Crippen molar-refractivity contribution < 1.29 is 14.3 Å².